The summed E-state index contributed by atoms with van der Waals surface area (Å²) in [6, 6.07) is 19.7. The second-order valence-corrected chi connectivity index (χ2v) is 12.6. The predicted octanol–water partition coefficient (Wildman–Crippen LogP) is 1.90. The van der Waals surface area contributed by atoms with Crippen LogP contribution in [-0.2, 0) is 34.0 Å². The number of fused-ring (bicyclic) bond motifs is 1. The summed E-state index contributed by atoms with van der Waals surface area (Å²) >= 11 is 0. The molecule has 0 saturated carbocycles. The van der Waals surface area contributed by atoms with Crippen LogP contribution in [0, 0.1) is 0 Å². The molecule has 1 aliphatic rings. The van der Waals surface area contributed by atoms with Crippen molar-refractivity contribution in [1.29, 1.82) is 0 Å². The number of nitrogens with zero attached hydrogens (tertiary/aromatic N) is 2. The lowest BCUT2D eigenvalue weighted by molar-refractivity contribution is -0.132. The minimum atomic E-state index is -0.919. The van der Waals surface area contributed by atoms with Crippen molar-refractivity contribution in [2.45, 2.75) is 64.3 Å². The average molecular weight is 730 g/mol. The number of nitrogens with two attached hydrogens (primary N) is 2. The van der Waals surface area contributed by atoms with E-state index in [0.29, 0.717) is 44.8 Å². The SMILES string of the molecule is CCC(=O)NCCNC(=O)NC(N)=NCCC[C@@H](NC(=O)[C@@H](c1ccc(OCCCN)cc1)N1Cc2ccccc2C1)C(=O)NCc1ccc(O)cc1. The molecule has 0 fully saturated rings. The molecule has 0 aliphatic carbocycles. The van der Waals surface area contributed by atoms with Crippen molar-refractivity contribution >= 4 is 29.7 Å². The van der Waals surface area contributed by atoms with Crippen LogP contribution in [0.2, 0.25) is 0 Å². The number of rotatable bonds is 19. The van der Waals surface area contributed by atoms with Gasteiger partial charge in [0.1, 0.15) is 23.6 Å². The maximum absolute atomic E-state index is 14.3. The van der Waals surface area contributed by atoms with Crippen molar-refractivity contribution < 1.29 is 29.0 Å². The maximum Gasteiger partial charge on any atom is 0.321 e. The van der Waals surface area contributed by atoms with E-state index in [1.807, 2.05) is 36.4 Å². The maximum atomic E-state index is 14.3. The first-order valence-corrected chi connectivity index (χ1v) is 17.9. The van der Waals surface area contributed by atoms with Gasteiger partial charge in [0.15, 0.2) is 5.96 Å². The van der Waals surface area contributed by atoms with Gasteiger partial charge in [-0.2, -0.15) is 0 Å². The summed E-state index contributed by atoms with van der Waals surface area (Å²) in [6.45, 7) is 4.71. The molecule has 15 heteroatoms. The van der Waals surface area contributed by atoms with Gasteiger partial charge in [-0.15, -0.1) is 0 Å². The number of hydrogen-bond acceptors (Lipinski definition) is 9. The summed E-state index contributed by atoms with van der Waals surface area (Å²) in [6.07, 6.45) is 1.66. The van der Waals surface area contributed by atoms with Gasteiger partial charge in [-0.1, -0.05) is 55.5 Å². The van der Waals surface area contributed by atoms with E-state index >= 15 is 0 Å². The number of amides is 5. The van der Waals surface area contributed by atoms with Gasteiger partial charge < -0.3 is 42.6 Å². The molecule has 0 unspecified atom stereocenters. The van der Waals surface area contributed by atoms with Crippen LogP contribution in [0.25, 0.3) is 0 Å². The number of hydrogen-bond donors (Lipinski definition) is 8. The fraction of sp³-hybridized carbons (Fsp3) is 0.395. The largest absolute Gasteiger partial charge is 0.508 e. The zero-order valence-electron chi connectivity index (χ0n) is 30.1. The molecule has 1 heterocycles. The smallest absolute Gasteiger partial charge is 0.321 e. The number of phenols is 1. The number of phenolic OH excluding ortho intramolecular Hbond substituents is 1. The first-order valence-electron chi connectivity index (χ1n) is 17.9. The third-order valence-corrected chi connectivity index (χ3v) is 8.56. The first-order chi connectivity index (χ1) is 25.7. The number of aliphatic imine (C=N–C) groups is 1. The Morgan fingerprint density at radius 3 is 2.23 bits per heavy atom. The second kappa shape index (κ2) is 21.0. The summed E-state index contributed by atoms with van der Waals surface area (Å²) in [5, 5.41) is 23.2. The summed E-state index contributed by atoms with van der Waals surface area (Å²) in [5.74, 6) is -0.166. The number of benzene rings is 3. The molecule has 0 bridgehead atoms. The Labute approximate surface area is 309 Å². The van der Waals surface area contributed by atoms with Gasteiger partial charge in [0.2, 0.25) is 17.7 Å². The van der Waals surface area contributed by atoms with Crippen molar-refractivity contribution in [3.63, 3.8) is 0 Å². The van der Waals surface area contributed by atoms with E-state index in [4.69, 9.17) is 16.2 Å². The molecule has 284 valence electrons. The van der Waals surface area contributed by atoms with Crippen molar-refractivity contribution in [2.24, 2.45) is 16.5 Å². The topological polar surface area (TPSA) is 226 Å². The fourth-order valence-corrected chi connectivity index (χ4v) is 5.73. The number of urea groups is 1. The quantitative estimate of drug-likeness (QED) is 0.0512. The summed E-state index contributed by atoms with van der Waals surface area (Å²) in [4.78, 5) is 57.7. The van der Waals surface area contributed by atoms with Crippen LogP contribution < -0.4 is 42.8 Å². The van der Waals surface area contributed by atoms with E-state index in [1.165, 1.54) is 12.1 Å². The monoisotopic (exact) mass is 729 g/mol. The Kier molecular flexibility index (Phi) is 15.9. The lowest BCUT2D eigenvalue weighted by atomic mass is 10.0. The lowest BCUT2D eigenvalue weighted by Gasteiger charge is -2.29. The molecule has 0 saturated heterocycles. The van der Waals surface area contributed by atoms with Crippen molar-refractivity contribution in [1.82, 2.24) is 31.5 Å². The number of aromatic hydroxyl groups is 1. The second-order valence-electron chi connectivity index (χ2n) is 12.6. The zero-order chi connectivity index (χ0) is 38.0. The standard InChI is InChI=1S/C38H51N9O6/c1-2-33(49)41-20-21-43-38(52)46-37(40)42-19-5-9-32(35(50)44-23-26-10-14-30(48)15-11-26)45-36(51)34(47-24-28-7-3-4-8-29(28)25-47)27-12-16-31(17-13-27)53-22-6-18-39/h3-4,7-8,10-17,32,34,48H,2,5-6,9,18-25,39H2,1H3,(H,41,49)(H,44,50)(H,45,51)(H4,40,42,43,46,52)/t32-,34-/m1/s1. The van der Waals surface area contributed by atoms with Crippen LogP contribution in [-0.4, -0.2) is 78.5 Å². The Hall–Kier alpha value is -5.67. The van der Waals surface area contributed by atoms with Gasteiger partial charge in [0, 0.05) is 45.7 Å². The molecule has 0 aromatic heterocycles. The van der Waals surface area contributed by atoms with E-state index in [9.17, 15) is 24.3 Å². The minimum absolute atomic E-state index is 0.110. The van der Waals surface area contributed by atoms with Crippen LogP contribution in [0.5, 0.6) is 11.5 Å². The Morgan fingerprint density at radius 2 is 1.57 bits per heavy atom. The van der Waals surface area contributed by atoms with Gasteiger partial charge in [-0.05, 0) is 72.3 Å². The molecule has 53 heavy (non-hydrogen) atoms. The van der Waals surface area contributed by atoms with Crippen molar-refractivity contribution in [3.05, 3.63) is 95.1 Å². The number of nitrogens with one attached hydrogen (secondary N) is 5. The normalized spacial score (nSPS) is 13.7. The molecule has 3 aromatic rings. The van der Waals surface area contributed by atoms with Crippen molar-refractivity contribution in [3.8, 4) is 11.5 Å². The van der Waals surface area contributed by atoms with Crippen LogP contribution in [0.15, 0.2) is 77.8 Å². The molecule has 10 N–H and O–H groups in total. The molecule has 5 amide bonds. The molecular formula is C38H51N9O6. The third kappa shape index (κ3) is 13.1. The van der Waals surface area contributed by atoms with E-state index in [2.05, 4.69) is 48.6 Å². The summed E-state index contributed by atoms with van der Waals surface area (Å²) < 4.78 is 5.79. The first kappa shape index (κ1) is 40.1. The molecule has 3 aromatic carbocycles. The number of carbonyl (C=O) groups excluding carboxylic acids is 4. The number of carbonyl (C=O) groups is 4. The highest BCUT2D eigenvalue weighted by Gasteiger charge is 2.34. The van der Waals surface area contributed by atoms with E-state index in [1.54, 1.807) is 19.1 Å². The van der Waals surface area contributed by atoms with Gasteiger partial charge in [0.25, 0.3) is 0 Å². The van der Waals surface area contributed by atoms with Gasteiger partial charge in [-0.3, -0.25) is 29.6 Å². The minimum Gasteiger partial charge on any atom is -0.508 e. The number of guanidine groups is 1. The third-order valence-electron chi connectivity index (χ3n) is 8.56. The highest BCUT2D eigenvalue weighted by atomic mass is 16.5. The highest BCUT2D eigenvalue weighted by molar-refractivity contribution is 5.95. The average Bonchev–Trinajstić information content (AvgIpc) is 3.58. The van der Waals surface area contributed by atoms with Gasteiger partial charge in [-0.25, -0.2) is 4.79 Å². The predicted molar refractivity (Wildman–Crippen MR) is 201 cm³/mol. The van der Waals surface area contributed by atoms with E-state index < -0.39 is 18.1 Å². The van der Waals surface area contributed by atoms with Crippen LogP contribution in [0.3, 0.4) is 0 Å². The van der Waals surface area contributed by atoms with E-state index in [-0.39, 0.29) is 62.0 Å². The van der Waals surface area contributed by atoms with Gasteiger partial charge in [0.05, 0.1) is 6.61 Å². The molecular weight excluding hydrogens is 678 g/mol. The van der Waals surface area contributed by atoms with Gasteiger partial charge >= 0.3 is 6.03 Å². The summed E-state index contributed by atoms with van der Waals surface area (Å²) in [7, 11) is 0. The highest BCUT2D eigenvalue weighted by Crippen LogP contribution is 2.32. The fourth-order valence-electron chi connectivity index (χ4n) is 5.73. The van der Waals surface area contributed by atoms with E-state index in [0.717, 1.165) is 28.7 Å². The molecule has 4 rings (SSSR count). The van der Waals surface area contributed by atoms with Crippen molar-refractivity contribution in [2.75, 3.05) is 32.8 Å². The molecule has 2 atom stereocenters. The van der Waals surface area contributed by atoms with Crippen LogP contribution >= 0.6 is 0 Å². The van der Waals surface area contributed by atoms with Crippen LogP contribution in [0.4, 0.5) is 4.79 Å². The Balaban J connectivity index is 1.44. The molecule has 0 radical (unpaired) electrons. The Morgan fingerprint density at radius 1 is 0.887 bits per heavy atom. The lowest BCUT2D eigenvalue weighted by Crippen LogP contribution is -2.50. The molecule has 0 spiro atoms. The Bertz CT molecular complexity index is 1660. The van der Waals surface area contributed by atoms with Crippen LogP contribution in [0.1, 0.15) is 60.9 Å². The molecule has 1 aliphatic heterocycles. The number of ether oxygens (including phenoxy) is 1. The zero-order valence-corrected chi connectivity index (χ0v) is 30.1. The molecule has 15 nitrogen and oxygen atoms in total. The summed E-state index contributed by atoms with van der Waals surface area (Å²) in [5.41, 5.74) is 15.3.